The Labute approximate surface area is 90.5 Å². The van der Waals surface area contributed by atoms with Crippen LogP contribution in [0.2, 0.25) is 0 Å². The first-order valence-corrected chi connectivity index (χ1v) is 5.06. The molecule has 1 aliphatic carbocycles. The van der Waals surface area contributed by atoms with E-state index in [4.69, 9.17) is 5.11 Å². The van der Waals surface area contributed by atoms with Crippen molar-refractivity contribution in [1.82, 2.24) is 9.55 Å². The average molecular weight is 228 g/mol. The summed E-state index contributed by atoms with van der Waals surface area (Å²) in [5.41, 5.74) is -2.22. The Morgan fingerprint density at radius 1 is 1.69 bits per heavy atom. The van der Waals surface area contributed by atoms with Crippen molar-refractivity contribution in [1.29, 1.82) is 0 Å². The molecule has 2 rings (SSSR count). The number of aliphatic hydroxyl groups excluding tert-OH is 1. The van der Waals surface area contributed by atoms with Gasteiger partial charge in [0.25, 0.3) is 5.56 Å². The van der Waals surface area contributed by atoms with Gasteiger partial charge in [0.2, 0.25) is 0 Å². The molecule has 1 saturated carbocycles. The molecule has 0 spiro atoms. The Bertz CT molecular complexity index is 522. The fourth-order valence-corrected chi connectivity index (χ4v) is 1.79. The van der Waals surface area contributed by atoms with Crippen molar-refractivity contribution >= 4 is 0 Å². The van der Waals surface area contributed by atoms with Crippen molar-refractivity contribution in [2.24, 2.45) is 5.92 Å². The highest BCUT2D eigenvalue weighted by atomic mass is 19.1. The normalized spacial score (nSPS) is 28.1. The van der Waals surface area contributed by atoms with Crippen LogP contribution in [0.25, 0.3) is 0 Å². The molecule has 16 heavy (non-hydrogen) atoms. The van der Waals surface area contributed by atoms with Crippen molar-refractivity contribution < 1.29 is 9.50 Å². The maximum Gasteiger partial charge on any atom is 0.328 e. The number of alkyl halides is 1. The number of hydrogen-bond donors (Lipinski definition) is 2. The maximum absolute atomic E-state index is 13.9. The molecule has 0 unspecified atom stereocenters. The number of hydrogen-bond acceptors (Lipinski definition) is 3. The van der Waals surface area contributed by atoms with Gasteiger partial charge < -0.3 is 5.11 Å². The van der Waals surface area contributed by atoms with Crippen molar-refractivity contribution in [3.05, 3.63) is 32.6 Å². The summed E-state index contributed by atoms with van der Waals surface area (Å²) in [4.78, 5) is 24.6. The lowest BCUT2D eigenvalue weighted by molar-refractivity contribution is 0.191. The predicted molar refractivity (Wildman–Crippen MR) is 55.1 cm³/mol. The van der Waals surface area contributed by atoms with E-state index in [1.807, 2.05) is 0 Å². The van der Waals surface area contributed by atoms with Gasteiger partial charge in [-0.1, -0.05) is 0 Å². The van der Waals surface area contributed by atoms with Crippen LogP contribution in [0.5, 0.6) is 0 Å². The van der Waals surface area contributed by atoms with Gasteiger partial charge in [-0.15, -0.1) is 0 Å². The van der Waals surface area contributed by atoms with Crippen LogP contribution in [-0.2, 0) is 6.54 Å². The number of aliphatic hydroxyl groups is 1. The summed E-state index contributed by atoms with van der Waals surface area (Å²) in [6.45, 7) is 1.22. The van der Waals surface area contributed by atoms with E-state index in [-0.39, 0.29) is 19.6 Å². The quantitative estimate of drug-likeness (QED) is 0.736. The molecule has 0 saturated heterocycles. The standard InChI is InChI=1S/C10H13FN2O3/c1-6-3-13(9(16)12-8(6)15)5-10(11)2-7(10)4-14/h3,7,14H,2,4-5H2,1H3,(H,12,15,16)/t7-,10+/m0/s1. The van der Waals surface area contributed by atoms with E-state index in [0.717, 1.165) is 4.57 Å². The first kappa shape index (κ1) is 11.1. The summed E-state index contributed by atoms with van der Waals surface area (Å²) >= 11 is 0. The molecule has 0 amide bonds. The number of H-pyrrole nitrogens is 1. The zero-order valence-corrected chi connectivity index (χ0v) is 8.86. The molecular formula is C10H13FN2O3. The molecule has 6 heteroatoms. The lowest BCUT2D eigenvalue weighted by Gasteiger charge is -2.09. The third-order valence-electron chi connectivity index (χ3n) is 3.00. The molecule has 0 radical (unpaired) electrons. The van der Waals surface area contributed by atoms with E-state index in [1.54, 1.807) is 6.92 Å². The minimum atomic E-state index is -1.51. The zero-order valence-electron chi connectivity index (χ0n) is 8.86. The Hall–Kier alpha value is -1.43. The number of nitrogens with one attached hydrogen (secondary N) is 1. The average Bonchev–Trinajstić information content (AvgIpc) is 2.86. The third kappa shape index (κ3) is 1.80. The fourth-order valence-electron chi connectivity index (χ4n) is 1.79. The minimum Gasteiger partial charge on any atom is -0.396 e. The second-order valence-electron chi connectivity index (χ2n) is 4.32. The number of aromatic amines is 1. The molecule has 1 aromatic rings. The van der Waals surface area contributed by atoms with E-state index in [1.165, 1.54) is 6.20 Å². The number of halogens is 1. The predicted octanol–water partition coefficient (Wildman–Crippen LogP) is -0.434. The summed E-state index contributed by atoms with van der Waals surface area (Å²) < 4.78 is 15.0. The van der Waals surface area contributed by atoms with Crippen molar-refractivity contribution in [3.63, 3.8) is 0 Å². The van der Waals surface area contributed by atoms with Crippen LogP contribution in [0.3, 0.4) is 0 Å². The van der Waals surface area contributed by atoms with Gasteiger partial charge in [-0.2, -0.15) is 0 Å². The zero-order chi connectivity index (χ0) is 11.9. The highest BCUT2D eigenvalue weighted by molar-refractivity contribution is 5.06. The summed E-state index contributed by atoms with van der Waals surface area (Å²) in [5, 5.41) is 8.80. The number of aromatic nitrogens is 2. The van der Waals surface area contributed by atoms with Gasteiger partial charge in [0, 0.05) is 24.3 Å². The van der Waals surface area contributed by atoms with Crippen molar-refractivity contribution in [2.75, 3.05) is 6.61 Å². The van der Waals surface area contributed by atoms with Gasteiger partial charge in [0.15, 0.2) is 0 Å². The van der Waals surface area contributed by atoms with E-state index >= 15 is 0 Å². The second kappa shape index (κ2) is 3.55. The van der Waals surface area contributed by atoms with Gasteiger partial charge in [0.1, 0.15) is 5.67 Å². The molecule has 88 valence electrons. The summed E-state index contributed by atoms with van der Waals surface area (Å²) in [5.74, 6) is -0.397. The molecule has 1 aromatic heterocycles. The molecular weight excluding hydrogens is 215 g/mol. The Morgan fingerprint density at radius 2 is 2.38 bits per heavy atom. The van der Waals surface area contributed by atoms with Crippen LogP contribution >= 0.6 is 0 Å². The first-order valence-electron chi connectivity index (χ1n) is 5.06. The third-order valence-corrected chi connectivity index (χ3v) is 3.00. The SMILES string of the molecule is Cc1cn(C[C@]2(F)C[C@H]2CO)c(=O)[nH]c1=O. The van der Waals surface area contributed by atoms with Crippen molar-refractivity contribution in [3.8, 4) is 0 Å². The van der Waals surface area contributed by atoms with E-state index in [2.05, 4.69) is 4.98 Å². The van der Waals surface area contributed by atoms with Crippen LogP contribution in [0.15, 0.2) is 15.8 Å². The lowest BCUT2D eigenvalue weighted by Crippen LogP contribution is -2.34. The summed E-state index contributed by atoms with van der Waals surface area (Å²) in [6.07, 6.45) is 1.60. The lowest BCUT2D eigenvalue weighted by atomic mass is 10.3. The van der Waals surface area contributed by atoms with Crippen molar-refractivity contribution in [2.45, 2.75) is 25.6 Å². The highest BCUT2D eigenvalue weighted by Gasteiger charge is 2.55. The van der Waals surface area contributed by atoms with Crippen LogP contribution in [0, 0.1) is 12.8 Å². The number of aryl methyl sites for hydroxylation is 1. The summed E-state index contributed by atoms with van der Waals surface area (Å²) in [6, 6.07) is 0. The van der Waals surface area contributed by atoms with Crippen LogP contribution < -0.4 is 11.2 Å². The Morgan fingerprint density at radius 3 is 2.94 bits per heavy atom. The molecule has 2 atom stereocenters. The molecule has 0 aromatic carbocycles. The van der Waals surface area contributed by atoms with E-state index in [9.17, 15) is 14.0 Å². The topological polar surface area (TPSA) is 75.1 Å². The van der Waals surface area contributed by atoms with Gasteiger partial charge in [-0.3, -0.25) is 14.3 Å². The fraction of sp³-hybridized carbons (Fsp3) is 0.600. The molecule has 5 nitrogen and oxygen atoms in total. The number of nitrogens with zero attached hydrogens (tertiary/aromatic N) is 1. The van der Waals surface area contributed by atoms with Gasteiger partial charge >= 0.3 is 5.69 Å². The highest BCUT2D eigenvalue weighted by Crippen LogP contribution is 2.47. The molecule has 0 aliphatic heterocycles. The molecule has 1 fully saturated rings. The van der Waals surface area contributed by atoms with E-state index in [0.29, 0.717) is 5.56 Å². The summed E-state index contributed by atoms with van der Waals surface area (Å²) in [7, 11) is 0. The smallest absolute Gasteiger partial charge is 0.328 e. The monoisotopic (exact) mass is 228 g/mol. The Balaban J connectivity index is 2.27. The second-order valence-corrected chi connectivity index (χ2v) is 4.32. The largest absolute Gasteiger partial charge is 0.396 e. The van der Waals surface area contributed by atoms with E-state index < -0.39 is 22.8 Å². The van der Waals surface area contributed by atoms with Crippen LogP contribution in [0.1, 0.15) is 12.0 Å². The van der Waals surface area contributed by atoms with Gasteiger partial charge in [-0.25, -0.2) is 9.18 Å². The number of rotatable bonds is 3. The maximum atomic E-state index is 13.9. The molecule has 0 bridgehead atoms. The van der Waals surface area contributed by atoms with Crippen LogP contribution in [0.4, 0.5) is 4.39 Å². The van der Waals surface area contributed by atoms with Crippen LogP contribution in [-0.4, -0.2) is 26.9 Å². The molecule has 1 aliphatic rings. The Kier molecular flexibility index (Phi) is 2.46. The van der Waals surface area contributed by atoms with Gasteiger partial charge in [0.05, 0.1) is 6.54 Å². The minimum absolute atomic E-state index is 0.116. The van der Waals surface area contributed by atoms with Gasteiger partial charge in [-0.05, 0) is 13.3 Å². The molecule has 2 N–H and O–H groups in total. The molecule has 1 heterocycles. The first-order chi connectivity index (χ1) is 7.46.